The van der Waals surface area contributed by atoms with E-state index in [4.69, 9.17) is 9.47 Å². The lowest BCUT2D eigenvalue weighted by Crippen LogP contribution is -2.50. The minimum Gasteiger partial charge on any atom is -0.373 e. The summed E-state index contributed by atoms with van der Waals surface area (Å²) in [7, 11) is 0. The minimum absolute atomic E-state index is 0.277. The molecular formula is C15H26BrNO2. The number of alkyl halides is 1. The molecule has 0 spiro atoms. The van der Waals surface area contributed by atoms with Crippen LogP contribution in [-0.4, -0.2) is 42.8 Å². The van der Waals surface area contributed by atoms with E-state index in [0.29, 0.717) is 10.9 Å². The second-order valence-electron chi connectivity index (χ2n) is 6.34. The quantitative estimate of drug-likeness (QED) is 0.806. The van der Waals surface area contributed by atoms with E-state index in [1.54, 1.807) is 0 Å². The molecule has 1 N–H and O–H groups in total. The van der Waals surface area contributed by atoms with Crippen molar-refractivity contribution >= 4 is 15.9 Å². The number of fused-ring (bicyclic) bond motifs is 1. The van der Waals surface area contributed by atoms with Crippen molar-refractivity contribution in [2.75, 3.05) is 19.8 Å². The Kier molecular flexibility index (Phi) is 5.18. The van der Waals surface area contributed by atoms with Crippen LogP contribution in [0.5, 0.6) is 0 Å². The van der Waals surface area contributed by atoms with E-state index in [1.165, 1.54) is 38.5 Å². The van der Waals surface area contributed by atoms with Crippen molar-refractivity contribution in [3.05, 3.63) is 0 Å². The smallest absolute Gasteiger partial charge is 0.0962 e. The van der Waals surface area contributed by atoms with Crippen LogP contribution in [0.1, 0.15) is 44.9 Å². The van der Waals surface area contributed by atoms with E-state index in [1.807, 2.05) is 0 Å². The molecule has 4 unspecified atom stereocenters. The number of hydrogen-bond acceptors (Lipinski definition) is 3. The number of ether oxygens (including phenoxy) is 2. The van der Waals surface area contributed by atoms with Crippen LogP contribution >= 0.6 is 15.9 Å². The van der Waals surface area contributed by atoms with Crippen molar-refractivity contribution in [1.29, 1.82) is 0 Å². The molecule has 3 rings (SSSR count). The molecule has 4 atom stereocenters. The SMILES string of the molecule is BrC1CC(CNC2CCCCC2)CC2OCCOC12. The largest absolute Gasteiger partial charge is 0.373 e. The molecule has 3 aliphatic rings. The Morgan fingerprint density at radius 2 is 1.79 bits per heavy atom. The van der Waals surface area contributed by atoms with Crippen molar-refractivity contribution < 1.29 is 9.47 Å². The lowest BCUT2D eigenvalue weighted by Gasteiger charge is -2.42. The molecule has 0 aromatic carbocycles. The van der Waals surface area contributed by atoms with Gasteiger partial charge in [0.25, 0.3) is 0 Å². The minimum atomic E-state index is 0.277. The topological polar surface area (TPSA) is 30.5 Å². The fourth-order valence-corrected chi connectivity index (χ4v) is 4.83. The van der Waals surface area contributed by atoms with Crippen LogP contribution in [0.2, 0.25) is 0 Å². The molecule has 0 aromatic heterocycles. The monoisotopic (exact) mass is 331 g/mol. The maximum Gasteiger partial charge on any atom is 0.0962 e. The second-order valence-corrected chi connectivity index (χ2v) is 7.52. The summed E-state index contributed by atoms with van der Waals surface area (Å²) < 4.78 is 11.7. The maximum absolute atomic E-state index is 5.89. The van der Waals surface area contributed by atoms with Crippen molar-refractivity contribution in [2.45, 2.75) is 68.0 Å². The zero-order valence-corrected chi connectivity index (χ0v) is 13.2. The Morgan fingerprint density at radius 1 is 1.00 bits per heavy atom. The maximum atomic E-state index is 5.89. The predicted octanol–water partition coefficient (Wildman–Crippen LogP) is 2.87. The summed E-state index contributed by atoms with van der Waals surface area (Å²) in [5.74, 6) is 0.731. The van der Waals surface area contributed by atoms with Gasteiger partial charge in [-0.1, -0.05) is 35.2 Å². The standard InChI is InChI=1S/C15H26BrNO2/c16-13-8-11(9-14-15(13)19-7-6-18-14)10-17-12-4-2-1-3-5-12/h11-15,17H,1-10H2. The van der Waals surface area contributed by atoms with Crippen LogP contribution < -0.4 is 5.32 Å². The number of halogens is 1. The highest BCUT2D eigenvalue weighted by molar-refractivity contribution is 9.09. The number of rotatable bonds is 3. The van der Waals surface area contributed by atoms with Gasteiger partial charge in [-0.15, -0.1) is 0 Å². The van der Waals surface area contributed by atoms with E-state index in [-0.39, 0.29) is 6.10 Å². The van der Waals surface area contributed by atoms with E-state index < -0.39 is 0 Å². The Hall–Kier alpha value is 0.360. The average molecular weight is 332 g/mol. The average Bonchev–Trinajstić information content (AvgIpc) is 2.46. The highest BCUT2D eigenvalue weighted by atomic mass is 79.9. The van der Waals surface area contributed by atoms with E-state index in [0.717, 1.165) is 38.1 Å². The van der Waals surface area contributed by atoms with Gasteiger partial charge in [-0.05, 0) is 38.1 Å². The van der Waals surface area contributed by atoms with Crippen molar-refractivity contribution in [2.24, 2.45) is 5.92 Å². The van der Waals surface area contributed by atoms with Gasteiger partial charge in [0.2, 0.25) is 0 Å². The van der Waals surface area contributed by atoms with Gasteiger partial charge in [0, 0.05) is 10.9 Å². The molecule has 4 heteroatoms. The van der Waals surface area contributed by atoms with E-state index in [2.05, 4.69) is 21.2 Å². The number of nitrogens with one attached hydrogen (secondary N) is 1. The van der Waals surface area contributed by atoms with Gasteiger partial charge in [0.1, 0.15) is 0 Å². The first-order valence-corrected chi connectivity index (χ1v) is 8.85. The molecule has 3 nitrogen and oxygen atoms in total. The summed E-state index contributed by atoms with van der Waals surface area (Å²) >= 11 is 3.80. The van der Waals surface area contributed by atoms with Gasteiger partial charge in [-0.25, -0.2) is 0 Å². The summed E-state index contributed by atoms with van der Waals surface area (Å²) in [5, 5.41) is 3.79. The summed E-state index contributed by atoms with van der Waals surface area (Å²) in [6.07, 6.45) is 9.95. The van der Waals surface area contributed by atoms with E-state index in [9.17, 15) is 0 Å². The Balaban J connectivity index is 1.46. The van der Waals surface area contributed by atoms with Gasteiger partial charge < -0.3 is 14.8 Å². The molecule has 0 amide bonds. The zero-order chi connectivity index (χ0) is 13.1. The van der Waals surface area contributed by atoms with Crippen molar-refractivity contribution in [3.8, 4) is 0 Å². The third-order valence-electron chi connectivity index (χ3n) is 4.87. The first-order chi connectivity index (χ1) is 9.33. The van der Waals surface area contributed by atoms with Gasteiger partial charge in [0.15, 0.2) is 0 Å². The van der Waals surface area contributed by atoms with Gasteiger partial charge in [0.05, 0.1) is 25.4 Å². The molecule has 2 aliphatic carbocycles. The molecule has 1 saturated heterocycles. The van der Waals surface area contributed by atoms with Crippen LogP contribution in [-0.2, 0) is 9.47 Å². The summed E-state index contributed by atoms with van der Waals surface area (Å²) in [4.78, 5) is 0.463. The molecule has 0 radical (unpaired) electrons. The molecule has 110 valence electrons. The van der Waals surface area contributed by atoms with Crippen LogP contribution in [0.25, 0.3) is 0 Å². The van der Waals surface area contributed by atoms with Crippen LogP contribution in [0.3, 0.4) is 0 Å². The molecule has 1 aliphatic heterocycles. The zero-order valence-electron chi connectivity index (χ0n) is 11.7. The second kappa shape index (κ2) is 6.88. The molecule has 0 bridgehead atoms. The summed E-state index contributed by atoms with van der Waals surface area (Å²) in [5.41, 5.74) is 0. The predicted molar refractivity (Wildman–Crippen MR) is 79.8 cm³/mol. The molecule has 0 aromatic rings. The highest BCUT2D eigenvalue weighted by Crippen LogP contribution is 2.34. The van der Waals surface area contributed by atoms with Gasteiger partial charge in [-0.2, -0.15) is 0 Å². The molecule has 1 heterocycles. The van der Waals surface area contributed by atoms with Crippen LogP contribution in [0.4, 0.5) is 0 Å². The fourth-order valence-electron chi connectivity index (χ4n) is 3.81. The molecular weight excluding hydrogens is 306 g/mol. The third-order valence-corrected chi connectivity index (χ3v) is 5.77. The van der Waals surface area contributed by atoms with Gasteiger partial charge >= 0.3 is 0 Å². The van der Waals surface area contributed by atoms with Crippen molar-refractivity contribution in [1.82, 2.24) is 5.32 Å². The Labute approximate surface area is 124 Å². The first-order valence-electron chi connectivity index (χ1n) is 7.93. The Morgan fingerprint density at radius 3 is 2.63 bits per heavy atom. The Bertz CT molecular complexity index is 283. The van der Waals surface area contributed by atoms with E-state index >= 15 is 0 Å². The highest BCUT2D eigenvalue weighted by Gasteiger charge is 2.39. The molecule has 19 heavy (non-hydrogen) atoms. The third kappa shape index (κ3) is 3.72. The lowest BCUT2D eigenvalue weighted by atomic mass is 9.84. The van der Waals surface area contributed by atoms with Crippen LogP contribution in [0, 0.1) is 5.92 Å². The number of hydrogen-bond donors (Lipinski definition) is 1. The van der Waals surface area contributed by atoms with Gasteiger partial charge in [-0.3, -0.25) is 0 Å². The fraction of sp³-hybridized carbons (Fsp3) is 1.00. The van der Waals surface area contributed by atoms with Crippen molar-refractivity contribution in [3.63, 3.8) is 0 Å². The molecule has 3 fully saturated rings. The summed E-state index contributed by atoms with van der Waals surface area (Å²) in [6.45, 7) is 2.68. The lowest BCUT2D eigenvalue weighted by molar-refractivity contribution is -0.157. The van der Waals surface area contributed by atoms with Crippen LogP contribution in [0.15, 0.2) is 0 Å². The normalized spacial score (nSPS) is 40.9. The molecule has 2 saturated carbocycles. The first kappa shape index (κ1) is 14.3. The summed E-state index contributed by atoms with van der Waals surface area (Å²) in [6, 6.07) is 0.767.